The van der Waals surface area contributed by atoms with Crippen LogP contribution in [0.25, 0.3) is 0 Å². The lowest BCUT2D eigenvalue weighted by atomic mass is 9.97. The third kappa shape index (κ3) is 2.58. The lowest BCUT2D eigenvalue weighted by molar-refractivity contribution is -0.131. The number of sulfonamides is 1. The molecule has 0 aliphatic carbocycles. The zero-order valence-corrected chi connectivity index (χ0v) is 13.2. The summed E-state index contributed by atoms with van der Waals surface area (Å²) in [4.78, 5) is 12.3. The molecule has 0 bridgehead atoms. The van der Waals surface area contributed by atoms with E-state index in [1.54, 1.807) is 13.0 Å². The molecule has 8 heteroatoms. The zero-order valence-electron chi connectivity index (χ0n) is 12.4. The largest absolute Gasteiger partial charge is 0.449 e. The van der Waals surface area contributed by atoms with E-state index in [1.807, 2.05) is 0 Å². The third-order valence-electron chi connectivity index (χ3n) is 3.72. The lowest BCUT2D eigenvalue weighted by Gasteiger charge is -2.34. The van der Waals surface area contributed by atoms with Crippen molar-refractivity contribution >= 4 is 15.9 Å². The van der Waals surface area contributed by atoms with Crippen LogP contribution in [0, 0.1) is 6.92 Å². The lowest BCUT2D eigenvalue weighted by Crippen LogP contribution is -2.59. The highest BCUT2D eigenvalue weighted by Gasteiger charge is 2.53. The van der Waals surface area contributed by atoms with Gasteiger partial charge in [0.15, 0.2) is 0 Å². The molecule has 1 unspecified atom stereocenters. The van der Waals surface area contributed by atoms with Crippen molar-refractivity contribution in [3.8, 4) is 0 Å². The van der Waals surface area contributed by atoms with E-state index in [0.29, 0.717) is 18.6 Å². The number of methoxy groups -OCH3 is 1. The van der Waals surface area contributed by atoms with Gasteiger partial charge in [0.2, 0.25) is 11.0 Å². The molecule has 1 N–H and O–H groups in total. The van der Waals surface area contributed by atoms with Gasteiger partial charge in [0.25, 0.3) is 10.0 Å². The van der Waals surface area contributed by atoms with Gasteiger partial charge in [-0.05, 0) is 31.9 Å². The number of hydrogen-bond acceptors (Lipinski definition) is 5. The fourth-order valence-electron chi connectivity index (χ4n) is 2.77. The van der Waals surface area contributed by atoms with Gasteiger partial charge in [-0.3, -0.25) is 4.79 Å². The molecule has 1 atom stereocenters. The zero-order chi connectivity index (χ0) is 15.7. The van der Waals surface area contributed by atoms with Crippen molar-refractivity contribution in [1.29, 1.82) is 0 Å². The molecule has 2 heterocycles. The number of hydrogen-bond donors (Lipinski definition) is 1. The second kappa shape index (κ2) is 5.78. The van der Waals surface area contributed by atoms with Gasteiger partial charge in [-0.15, -0.1) is 0 Å². The van der Waals surface area contributed by atoms with Gasteiger partial charge >= 0.3 is 0 Å². The summed E-state index contributed by atoms with van der Waals surface area (Å²) in [6.45, 7) is 1.94. The monoisotopic (exact) mass is 316 g/mol. The van der Waals surface area contributed by atoms with Crippen LogP contribution in [0.15, 0.2) is 21.6 Å². The summed E-state index contributed by atoms with van der Waals surface area (Å²) in [6, 6.07) is 2.99. The Morgan fingerprint density at radius 2 is 2.24 bits per heavy atom. The number of amides is 1. The van der Waals surface area contributed by atoms with Crippen LogP contribution < -0.4 is 5.32 Å². The van der Waals surface area contributed by atoms with Gasteiger partial charge in [-0.2, -0.15) is 4.31 Å². The molecule has 0 aromatic carbocycles. The molecular weight excluding hydrogens is 296 g/mol. The minimum absolute atomic E-state index is 0.00555. The number of carbonyl (C=O) groups is 1. The Bertz CT molecular complexity index is 624. The molecule has 1 fully saturated rings. The average molecular weight is 316 g/mol. The quantitative estimate of drug-likeness (QED) is 0.854. The van der Waals surface area contributed by atoms with Crippen LogP contribution in [0.5, 0.6) is 0 Å². The summed E-state index contributed by atoms with van der Waals surface area (Å²) >= 11 is 0. The number of carbonyl (C=O) groups excluding carboxylic acids is 1. The molecule has 21 heavy (non-hydrogen) atoms. The fraction of sp³-hybridized carbons (Fsp3) is 0.615. The predicted octanol–water partition coefficient (Wildman–Crippen LogP) is 0.504. The van der Waals surface area contributed by atoms with Crippen molar-refractivity contribution < 1.29 is 22.4 Å². The Balaban J connectivity index is 2.47. The van der Waals surface area contributed by atoms with E-state index in [2.05, 4.69) is 5.32 Å². The first-order valence-corrected chi connectivity index (χ1v) is 8.13. The van der Waals surface area contributed by atoms with Gasteiger partial charge in [0.1, 0.15) is 11.3 Å². The highest BCUT2D eigenvalue weighted by Crippen LogP contribution is 2.35. The first-order valence-electron chi connectivity index (χ1n) is 6.69. The van der Waals surface area contributed by atoms with E-state index in [9.17, 15) is 13.2 Å². The first kappa shape index (κ1) is 16.0. The molecule has 7 nitrogen and oxygen atoms in total. The van der Waals surface area contributed by atoms with Crippen LogP contribution in [-0.4, -0.2) is 51.5 Å². The van der Waals surface area contributed by atoms with E-state index in [0.717, 1.165) is 0 Å². The SMILES string of the molecule is CNC(=O)C1(COC)CCCN1S(=O)(=O)c1ccc(C)o1. The summed E-state index contributed by atoms with van der Waals surface area (Å²) in [7, 11) is -0.942. The molecule has 2 rings (SSSR count). The topological polar surface area (TPSA) is 88.9 Å². The molecule has 1 aliphatic heterocycles. The van der Waals surface area contributed by atoms with Crippen LogP contribution in [0.2, 0.25) is 0 Å². The van der Waals surface area contributed by atoms with E-state index in [-0.39, 0.29) is 24.2 Å². The van der Waals surface area contributed by atoms with E-state index in [4.69, 9.17) is 9.15 Å². The maximum absolute atomic E-state index is 12.8. The van der Waals surface area contributed by atoms with Crippen molar-refractivity contribution in [1.82, 2.24) is 9.62 Å². The van der Waals surface area contributed by atoms with Gasteiger partial charge in [-0.25, -0.2) is 8.42 Å². The van der Waals surface area contributed by atoms with E-state index >= 15 is 0 Å². The van der Waals surface area contributed by atoms with Crippen molar-refractivity contribution in [2.45, 2.75) is 30.4 Å². The first-order chi connectivity index (χ1) is 9.88. The average Bonchev–Trinajstić information content (AvgIpc) is 3.06. The van der Waals surface area contributed by atoms with Crippen molar-refractivity contribution in [3.05, 3.63) is 17.9 Å². The molecule has 1 aromatic heterocycles. The second-order valence-corrected chi connectivity index (χ2v) is 6.88. The van der Waals surface area contributed by atoms with E-state index < -0.39 is 15.6 Å². The molecule has 1 saturated heterocycles. The third-order valence-corrected chi connectivity index (χ3v) is 5.56. The van der Waals surface area contributed by atoms with E-state index in [1.165, 1.54) is 24.5 Å². The Kier molecular flexibility index (Phi) is 4.40. The van der Waals surface area contributed by atoms with Crippen molar-refractivity contribution in [2.24, 2.45) is 0 Å². The Morgan fingerprint density at radius 1 is 1.52 bits per heavy atom. The molecule has 118 valence electrons. The normalized spacial score (nSPS) is 23.4. The summed E-state index contributed by atoms with van der Waals surface area (Å²) in [6.07, 6.45) is 1.01. The van der Waals surface area contributed by atoms with Gasteiger partial charge in [-0.1, -0.05) is 0 Å². The number of nitrogens with one attached hydrogen (secondary N) is 1. The molecule has 0 spiro atoms. The highest BCUT2D eigenvalue weighted by atomic mass is 32.2. The second-order valence-electron chi connectivity index (χ2n) is 5.09. The maximum Gasteiger partial charge on any atom is 0.277 e. The Hall–Kier alpha value is -1.38. The number of aryl methyl sites for hydroxylation is 1. The fourth-order valence-corrected chi connectivity index (χ4v) is 4.52. The predicted molar refractivity (Wildman–Crippen MR) is 75.2 cm³/mol. The molecular formula is C13H20N2O5S. The van der Waals surface area contributed by atoms with Crippen LogP contribution in [0.4, 0.5) is 0 Å². The molecule has 0 saturated carbocycles. The maximum atomic E-state index is 12.8. The smallest absolute Gasteiger partial charge is 0.277 e. The summed E-state index contributed by atoms with van der Waals surface area (Å²) in [5.41, 5.74) is -1.22. The molecule has 0 radical (unpaired) electrons. The van der Waals surface area contributed by atoms with Crippen LogP contribution in [0.1, 0.15) is 18.6 Å². The Morgan fingerprint density at radius 3 is 2.76 bits per heavy atom. The number of furan rings is 1. The summed E-state index contributed by atoms with van der Waals surface area (Å²) in [5.74, 6) is 0.138. The van der Waals surface area contributed by atoms with Crippen LogP contribution in [0.3, 0.4) is 0 Å². The van der Waals surface area contributed by atoms with Gasteiger partial charge in [0, 0.05) is 20.7 Å². The Labute approximate surface area is 124 Å². The summed E-state index contributed by atoms with van der Waals surface area (Å²) in [5, 5.41) is 2.39. The molecule has 1 amide bonds. The molecule has 1 aliphatic rings. The number of rotatable bonds is 5. The van der Waals surface area contributed by atoms with Gasteiger partial charge in [0.05, 0.1) is 6.61 Å². The minimum Gasteiger partial charge on any atom is -0.449 e. The standard InChI is InChI=1S/C13H20N2O5S/c1-10-5-6-11(20-10)21(17,18)15-8-4-7-13(15,9-19-3)12(16)14-2/h5-6H,4,7-9H2,1-3H3,(H,14,16). The van der Waals surface area contributed by atoms with Gasteiger partial charge < -0.3 is 14.5 Å². The van der Waals surface area contributed by atoms with Crippen molar-refractivity contribution in [3.63, 3.8) is 0 Å². The van der Waals surface area contributed by atoms with Crippen LogP contribution >= 0.6 is 0 Å². The van der Waals surface area contributed by atoms with Crippen LogP contribution in [-0.2, 0) is 19.6 Å². The number of likely N-dealkylation sites (N-methyl/N-ethyl adjacent to an activating group) is 1. The van der Waals surface area contributed by atoms with Crippen molar-refractivity contribution in [2.75, 3.05) is 27.3 Å². The summed E-state index contributed by atoms with van der Waals surface area (Å²) < 4.78 is 37.1. The highest BCUT2D eigenvalue weighted by molar-refractivity contribution is 7.89. The number of ether oxygens (including phenoxy) is 1. The minimum atomic E-state index is -3.88. The molecule has 1 aromatic rings. The number of nitrogens with zero attached hydrogens (tertiary/aromatic N) is 1.